The Morgan fingerprint density at radius 3 is 2.69 bits per heavy atom. The van der Waals surface area contributed by atoms with Crippen LogP contribution in [0.1, 0.15) is 36.7 Å². The van der Waals surface area contributed by atoms with Gasteiger partial charge in [-0.2, -0.15) is 9.78 Å². The first kappa shape index (κ1) is 24.9. The van der Waals surface area contributed by atoms with Crippen LogP contribution >= 0.6 is 27.5 Å². The van der Waals surface area contributed by atoms with Gasteiger partial charge in [0.15, 0.2) is 11.5 Å². The molecule has 6 nitrogen and oxygen atoms in total. The highest BCUT2D eigenvalue weighted by molar-refractivity contribution is 9.10. The van der Waals surface area contributed by atoms with Gasteiger partial charge in [0.1, 0.15) is 18.2 Å². The summed E-state index contributed by atoms with van der Waals surface area (Å²) in [5.74, 6) is 0.728. The van der Waals surface area contributed by atoms with Crippen LogP contribution in [0, 0.1) is 5.82 Å². The normalized spacial score (nSPS) is 11.5. The number of aromatic nitrogens is 2. The molecule has 35 heavy (non-hydrogen) atoms. The molecule has 0 amide bonds. The van der Waals surface area contributed by atoms with Crippen LogP contribution in [0.25, 0.3) is 10.9 Å². The highest BCUT2D eigenvalue weighted by Gasteiger charge is 2.16. The molecule has 0 atom stereocenters. The van der Waals surface area contributed by atoms with E-state index in [1.807, 2.05) is 19.9 Å². The molecule has 0 aliphatic carbocycles. The number of ether oxygens (including phenoxy) is 2. The number of hydrogen-bond donors (Lipinski definition) is 0. The van der Waals surface area contributed by atoms with Crippen molar-refractivity contribution in [3.05, 3.63) is 97.2 Å². The van der Waals surface area contributed by atoms with E-state index in [4.69, 9.17) is 21.1 Å². The van der Waals surface area contributed by atoms with Crippen LogP contribution in [0.5, 0.6) is 11.5 Å². The maximum Gasteiger partial charge on any atom is 0.282 e. The van der Waals surface area contributed by atoms with Gasteiger partial charge >= 0.3 is 0 Å². The second-order valence-corrected chi connectivity index (χ2v) is 9.41. The molecule has 4 aromatic rings. The molecule has 1 heterocycles. The monoisotopic (exact) mass is 557 g/mol. The fourth-order valence-electron chi connectivity index (χ4n) is 3.53. The third-order valence-electron chi connectivity index (χ3n) is 5.26. The van der Waals surface area contributed by atoms with Crippen molar-refractivity contribution in [3.63, 3.8) is 0 Å². The molecule has 4 rings (SSSR count). The minimum Gasteiger partial charge on any atom is -0.493 e. The van der Waals surface area contributed by atoms with Crippen molar-refractivity contribution in [1.82, 2.24) is 9.66 Å². The van der Waals surface area contributed by atoms with E-state index in [9.17, 15) is 9.18 Å². The summed E-state index contributed by atoms with van der Waals surface area (Å²) in [5, 5.41) is 5.28. The largest absolute Gasteiger partial charge is 0.493 e. The Hall–Kier alpha value is -3.23. The summed E-state index contributed by atoms with van der Waals surface area (Å²) in [6.45, 7) is 3.84. The van der Waals surface area contributed by atoms with Gasteiger partial charge in [-0.05, 0) is 30.3 Å². The summed E-state index contributed by atoms with van der Waals surface area (Å²) < 4.78 is 27.5. The van der Waals surface area contributed by atoms with Gasteiger partial charge in [0.2, 0.25) is 0 Å². The zero-order valence-corrected chi connectivity index (χ0v) is 21.6. The fraction of sp³-hybridized carbons (Fsp3) is 0.192. The molecule has 0 fully saturated rings. The molecule has 0 aliphatic heterocycles. The van der Waals surface area contributed by atoms with Gasteiger partial charge < -0.3 is 9.47 Å². The van der Waals surface area contributed by atoms with Crippen molar-refractivity contribution in [2.45, 2.75) is 26.4 Å². The van der Waals surface area contributed by atoms with Gasteiger partial charge in [0.25, 0.3) is 5.56 Å². The average Bonchev–Trinajstić information content (AvgIpc) is 2.83. The first-order valence-electron chi connectivity index (χ1n) is 10.8. The first-order chi connectivity index (χ1) is 16.8. The molecule has 0 saturated carbocycles. The molecule has 0 saturated heterocycles. The van der Waals surface area contributed by atoms with E-state index >= 15 is 0 Å². The predicted octanol–water partition coefficient (Wildman–Crippen LogP) is 6.54. The Morgan fingerprint density at radius 1 is 1.20 bits per heavy atom. The summed E-state index contributed by atoms with van der Waals surface area (Å²) in [7, 11) is 1.48. The van der Waals surface area contributed by atoms with Crippen molar-refractivity contribution in [1.29, 1.82) is 0 Å². The Kier molecular flexibility index (Phi) is 7.52. The topological polar surface area (TPSA) is 65.7 Å². The number of halogens is 3. The molecule has 0 aliphatic rings. The van der Waals surface area contributed by atoms with Crippen molar-refractivity contribution >= 4 is 44.6 Å². The quantitative estimate of drug-likeness (QED) is 0.242. The van der Waals surface area contributed by atoms with Crippen LogP contribution in [0.2, 0.25) is 5.02 Å². The van der Waals surface area contributed by atoms with Crippen molar-refractivity contribution in [2.75, 3.05) is 7.11 Å². The third kappa shape index (κ3) is 5.39. The van der Waals surface area contributed by atoms with E-state index < -0.39 is 0 Å². The molecular weight excluding hydrogens is 537 g/mol. The maximum atomic E-state index is 14.1. The number of fused-ring (bicyclic) bond motifs is 1. The molecule has 180 valence electrons. The molecule has 3 aromatic carbocycles. The van der Waals surface area contributed by atoms with Gasteiger partial charge in [-0.15, -0.1) is 0 Å². The van der Waals surface area contributed by atoms with Crippen LogP contribution in [0.3, 0.4) is 0 Å². The van der Waals surface area contributed by atoms with Crippen LogP contribution in [-0.2, 0) is 6.61 Å². The lowest BCUT2D eigenvalue weighted by Gasteiger charge is -2.15. The van der Waals surface area contributed by atoms with E-state index in [2.05, 4.69) is 26.0 Å². The molecule has 9 heteroatoms. The molecule has 1 aromatic heterocycles. The summed E-state index contributed by atoms with van der Waals surface area (Å²) in [6, 6.07) is 14.9. The van der Waals surface area contributed by atoms with Gasteiger partial charge in [-0.25, -0.2) is 9.37 Å². The van der Waals surface area contributed by atoms with Crippen molar-refractivity contribution in [3.8, 4) is 11.5 Å². The molecule has 0 bridgehead atoms. The summed E-state index contributed by atoms with van der Waals surface area (Å²) in [6.07, 6.45) is 1.46. The van der Waals surface area contributed by atoms with E-state index in [0.717, 1.165) is 4.47 Å². The number of rotatable bonds is 7. The molecule has 0 N–H and O–H groups in total. The van der Waals surface area contributed by atoms with Gasteiger partial charge in [0, 0.05) is 32.6 Å². The van der Waals surface area contributed by atoms with Crippen molar-refractivity contribution < 1.29 is 13.9 Å². The third-order valence-corrected chi connectivity index (χ3v) is 5.97. The smallest absolute Gasteiger partial charge is 0.282 e. The number of benzene rings is 3. The highest BCUT2D eigenvalue weighted by Crippen LogP contribution is 2.34. The lowest BCUT2D eigenvalue weighted by Crippen LogP contribution is -2.23. The van der Waals surface area contributed by atoms with Crippen molar-refractivity contribution in [2.24, 2.45) is 5.10 Å². The van der Waals surface area contributed by atoms with Gasteiger partial charge in [-0.1, -0.05) is 59.6 Å². The standard InChI is InChI=1S/C26H22BrClFN3O3/c1-15(2)25-31-22-9-8-18(27)11-20(22)26(33)32(25)30-13-17-10-19(28)12-23(34-3)24(17)35-14-16-6-4-5-7-21(16)29/h4-13,15H,14H2,1-3H3. The number of hydrogen-bond acceptors (Lipinski definition) is 5. The second-order valence-electron chi connectivity index (χ2n) is 8.05. The fourth-order valence-corrected chi connectivity index (χ4v) is 4.11. The Labute approximate surface area is 215 Å². The van der Waals surface area contributed by atoms with Crippen LogP contribution in [0.15, 0.2) is 69.0 Å². The first-order valence-corrected chi connectivity index (χ1v) is 12.0. The van der Waals surface area contributed by atoms with Crippen LogP contribution < -0.4 is 15.0 Å². The van der Waals surface area contributed by atoms with E-state index in [1.54, 1.807) is 42.5 Å². The lowest BCUT2D eigenvalue weighted by molar-refractivity contribution is 0.279. The summed E-state index contributed by atoms with van der Waals surface area (Å²) in [4.78, 5) is 18.0. The van der Waals surface area contributed by atoms with E-state index in [1.165, 1.54) is 24.1 Å². The number of methoxy groups -OCH3 is 1. The zero-order chi connectivity index (χ0) is 25.1. The Morgan fingerprint density at radius 2 is 1.97 bits per heavy atom. The predicted molar refractivity (Wildman–Crippen MR) is 140 cm³/mol. The van der Waals surface area contributed by atoms with Gasteiger partial charge in [0.05, 0.1) is 24.2 Å². The molecule has 0 spiro atoms. The second kappa shape index (κ2) is 10.6. The highest BCUT2D eigenvalue weighted by atomic mass is 79.9. The average molecular weight is 559 g/mol. The maximum absolute atomic E-state index is 14.1. The van der Waals surface area contributed by atoms with Crippen LogP contribution in [0.4, 0.5) is 4.39 Å². The Bertz CT molecular complexity index is 1490. The Balaban J connectivity index is 1.80. The lowest BCUT2D eigenvalue weighted by atomic mass is 10.2. The zero-order valence-electron chi connectivity index (χ0n) is 19.3. The minimum atomic E-state index is -0.378. The molecular formula is C26H22BrClFN3O3. The molecule has 0 radical (unpaired) electrons. The summed E-state index contributed by atoms with van der Waals surface area (Å²) >= 11 is 9.69. The van der Waals surface area contributed by atoms with Gasteiger partial charge in [-0.3, -0.25) is 4.79 Å². The molecule has 0 unspecified atom stereocenters. The summed E-state index contributed by atoms with van der Waals surface area (Å²) in [5.41, 5.74) is 1.13. The number of nitrogens with zero attached hydrogens (tertiary/aromatic N) is 3. The minimum absolute atomic E-state index is 0.0335. The van der Waals surface area contributed by atoms with E-state index in [0.29, 0.717) is 44.4 Å². The van der Waals surface area contributed by atoms with E-state index in [-0.39, 0.29) is 23.9 Å². The van der Waals surface area contributed by atoms with Crippen LogP contribution in [-0.4, -0.2) is 23.0 Å². The SMILES string of the molecule is COc1cc(Cl)cc(C=Nn2c(C(C)C)nc3ccc(Br)cc3c2=O)c1OCc1ccccc1F.